The van der Waals surface area contributed by atoms with Crippen molar-refractivity contribution < 1.29 is 4.74 Å². The standard InChI is InChI=1S/C21H36O/c1-9-10-11-12-13-22-19-17(20(3,4)5)14-16(2)15-18(19)21(6,7)8/h14-15H,9-13H2,1-8H3. The fraction of sp³-hybridized carbons (Fsp3) is 0.714. The first-order valence-corrected chi connectivity index (χ1v) is 8.85. The van der Waals surface area contributed by atoms with E-state index in [1.807, 2.05) is 0 Å². The van der Waals surface area contributed by atoms with Gasteiger partial charge in [0.1, 0.15) is 5.75 Å². The van der Waals surface area contributed by atoms with Crippen LogP contribution >= 0.6 is 0 Å². The van der Waals surface area contributed by atoms with E-state index in [1.165, 1.54) is 36.0 Å². The van der Waals surface area contributed by atoms with Gasteiger partial charge >= 0.3 is 0 Å². The first-order chi connectivity index (χ1) is 10.1. The van der Waals surface area contributed by atoms with Crippen LogP contribution in [0.15, 0.2) is 12.1 Å². The van der Waals surface area contributed by atoms with E-state index in [1.54, 1.807) is 0 Å². The van der Waals surface area contributed by atoms with Gasteiger partial charge in [-0.1, -0.05) is 85.4 Å². The number of ether oxygens (including phenoxy) is 1. The highest BCUT2D eigenvalue weighted by atomic mass is 16.5. The largest absolute Gasteiger partial charge is 0.493 e. The van der Waals surface area contributed by atoms with E-state index in [2.05, 4.69) is 67.5 Å². The van der Waals surface area contributed by atoms with Crippen LogP contribution in [0.2, 0.25) is 0 Å². The lowest BCUT2D eigenvalue weighted by Gasteiger charge is -2.30. The molecule has 1 heteroatoms. The van der Waals surface area contributed by atoms with Crippen LogP contribution in [0.4, 0.5) is 0 Å². The molecule has 0 fully saturated rings. The monoisotopic (exact) mass is 304 g/mol. The van der Waals surface area contributed by atoms with Crippen molar-refractivity contribution in [1.29, 1.82) is 0 Å². The summed E-state index contributed by atoms with van der Waals surface area (Å²) in [5.74, 6) is 1.13. The molecule has 1 aromatic rings. The lowest BCUT2D eigenvalue weighted by atomic mass is 9.78. The first kappa shape index (κ1) is 19.1. The van der Waals surface area contributed by atoms with E-state index >= 15 is 0 Å². The number of rotatable bonds is 6. The van der Waals surface area contributed by atoms with Gasteiger partial charge in [-0.25, -0.2) is 0 Å². The second kappa shape index (κ2) is 7.53. The molecule has 0 N–H and O–H groups in total. The molecular weight excluding hydrogens is 268 g/mol. The topological polar surface area (TPSA) is 9.23 Å². The van der Waals surface area contributed by atoms with Gasteiger partial charge in [0.05, 0.1) is 6.61 Å². The van der Waals surface area contributed by atoms with E-state index < -0.39 is 0 Å². The molecule has 0 amide bonds. The molecule has 0 radical (unpaired) electrons. The Balaban J connectivity index is 3.14. The van der Waals surface area contributed by atoms with Crippen LogP contribution in [0, 0.1) is 6.92 Å². The fourth-order valence-corrected chi connectivity index (χ4v) is 2.75. The van der Waals surface area contributed by atoms with Crippen molar-refractivity contribution in [1.82, 2.24) is 0 Å². The third-order valence-corrected chi connectivity index (χ3v) is 4.09. The third-order valence-electron chi connectivity index (χ3n) is 4.09. The zero-order chi connectivity index (χ0) is 17.0. The summed E-state index contributed by atoms with van der Waals surface area (Å²) in [6, 6.07) is 4.60. The summed E-state index contributed by atoms with van der Waals surface area (Å²) in [4.78, 5) is 0. The Hall–Kier alpha value is -0.980. The fourth-order valence-electron chi connectivity index (χ4n) is 2.75. The van der Waals surface area contributed by atoms with Gasteiger partial charge in [0, 0.05) is 11.1 Å². The molecule has 0 aliphatic rings. The lowest BCUT2D eigenvalue weighted by Crippen LogP contribution is -2.20. The Labute approximate surface area is 138 Å². The van der Waals surface area contributed by atoms with Crippen LogP contribution in [0.5, 0.6) is 5.75 Å². The quantitative estimate of drug-likeness (QED) is 0.541. The summed E-state index contributed by atoms with van der Waals surface area (Å²) in [5.41, 5.74) is 4.21. The lowest BCUT2D eigenvalue weighted by molar-refractivity contribution is 0.289. The van der Waals surface area contributed by atoms with Gasteiger partial charge in [-0.3, -0.25) is 0 Å². The summed E-state index contributed by atoms with van der Waals surface area (Å²) in [6.45, 7) is 18.9. The van der Waals surface area contributed by atoms with Crippen molar-refractivity contribution in [3.8, 4) is 5.75 Å². The Morgan fingerprint density at radius 2 is 1.32 bits per heavy atom. The average molecular weight is 305 g/mol. The van der Waals surface area contributed by atoms with Gasteiger partial charge in [-0.2, -0.15) is 0 Å². The van der Waals surface area contributed by atoms with E-state index in [4.69, 9.17) is 4.74 Å². The average Bonchev–Trinajstić information content (AvgIpc) is 2.37. The molecule has 0 atom stereocenters. The molecule has 0 aliphatic heterocycles. The predicted molar refractivity (Wildman–Crippen MR) is 98.2 cm³/mol. The molecule has 0 aromatic heterocycles. The zero-order valence-corrected chi connectivity index (χ0v) is 16.1. The van der Waals surface area contributed by atoms with Crippen LogP contribution in [0.1, 0.15) is 90.8 Å². The maximum Gasteiger partial charge on any atom is 0.126 e. The van der Waals surface area contributed by atoms with Gasteiger partial charge < -0.3 is 4.74 Å². The van der Waals surface area contributed by atoms with Gasteiger partial charge in [0.25, 0.3) is 0 Å². The molecule has 0 spiro atoms. The molecule has 0 bridgehead atoms. The minimum absolute atomic E-state index is 0.102. The molecular formula is C21H36O. The number of hydrogen-bond donors (Lipinski definition) is 0. The van der Waals surface area contributed by atoms with Gasteiger partial charge in [-0.05, 0) is 24.2 Å². The van der Waals surface area contributed by atoms with E-state index in [0.717, 1.165) is 18.8 Å². The summed E-state index contributed by atoms with van der Waals surface area (Å²) in [7, 11) is 0. The van der Waals surface area contributed by atoms with Crippen molar-refractivity contribution in [3.05, 3.63) is 28.8 Å². The predicted octanol–water partition coefficient (Wildman–Crippen LogP) is 6.55. The molecule has 1 aromatic carbocycles. The summed E-state index contributed by atoms with van der Waals surface area (Å²) < 4.78 is 6.32. The number of hydrogen-bond acceptors (Lipinski definition) is 1. The SMILES string of the molecule is CCCCCCOc1c(C(C)(C)C)cc(C)cc1C(C)(C)C. The molecule has 22 heavy (non-hydrogen) atoms. The molecule has 0 saturated heterocycles. The highest BCUT2D eigenvalue weighted by Gasteiger charge is 2.27. The van der Waals surface area contributed by atoms with Gasteiger partial charge in [0.2, 0.25) is 0 Å². The minimum Gasteiger partial charge on any atom is -0.493 e. The van der Waals surface area contributed by atoms with Crippen LogP contribution in [0.3, 0.4) is 0 Å². The molecule has 1 rings (SSSR count). The smallest absolute Gasteiger partial charge is 0.126 e. The maximum atomic E-state index is 6.32. The van der Waals surface area contributed by atoms with Crippen LogP contribution in [0.25, 0.3) is 0 Å². The van der Waals surface area contributed by atoms with Gasteiger partial charge in [-0.15, -0.1) is 0 Å². The minimum atomic E-state index is 0.102. The van der Waals surface area contributed by atoms with E-state index in [-0.39, 0.29) is 10.8 Å². The van der Waals surface area contributed by atoms with Crippen LogP contribution in [-0.4, -0.2) is 6.61 Å². The second-order valence-electron chi connectivity index (χ2n) is 8.60. The zero-order valence-electron chi connectivity index (χ0n) is 16.1. The maximum absolute atomic E-state index is 6.32. The highest BCUT2D eigenvalue weighted by Crippen LogP contribution is 2.40. The summed E-state index contributed by atoms with van der Waals surface area (Å²) in [5, 5.41) is 0. The first-order valence-electron chi connectivity index (χ1n) is 8.85. The Morgan fingerprint density at radius 3 is 1.73 bits per heavy atom. The normalized spacial score (nSPS) is 12.5. The van der Waals surface area contributed by atoms with Crippen LogP contribution in [-0.2, 0) is 10.8 Å². The number of unbranched alkanes of at least 4 members (excludes halogenated alkanes) is 3. The van der Waals surface area contributed by atoms with Crippen LogP contribution < -0.4 is 4.74 Å². The van der Waals surface area contributed by atoms with Crippen molar-refractivity contribution >= 4 is 0 Å². The Kier molecular flexibility index (Phi) is 6.52. The third kappa shape index (κ3) is 5.34. The van der Waals surface area contributed by atoms with Crippen molar-refractivity contribution in [2.45, 2.75) is 91.9 Å². The molecule has 126 valence electrons. The molecule has 0 aliphatic carbocycles. The summed E-state index contributed by atoms with van der Waals surface area (Å²) in [6.07, 6.45) is 4.98. The van der Waals surface area contributed by atoms with E-state index in [0.29, 0.717) is 0 Å². The van der Waals surface area contributed by atoms with Crippen molar-refractivity contribution in [3.63, 3.8) is 0 Å². The molecule has 0 heterocycles. The number of benzene rings is 1. The molecule has 0 saturated carbocycles. The Morgan fingerprint density at radius 1 is 0.818 bits per heavy atom. The highest BCUT2D eigenvalue weighted by molar-refractivity contribution is 5.50. The molecule has 0 unspecified atom stereocenters. The number of aryl methyl sites for hydroxylation is 1. The summed E-state index contributed by atoms with van der Waals surface area (Å²) >= 11 is 0. The van der Waals surface area contributed by atoms with Gasteiger partial charge in [0.15, 0.2) is 0 Å². The van der Waals surface area contributed by atoms with Crippen molar-refractivity contribution in [2.24, 2.45) is 0 Å². The van der Waals surface area contributed by atoms with Crippen molar-refractivity contribution in [2.75, 3.05) is 6.61 Å². The molecule has 1 nitrogen and oxygen atoms in total. The van der Waals surface area contributed by atoms with E-state index in [9.17, 15) is 0 Å². The second-order valence-corrected chi connectivity index (χ2v) is 8.60. The Bertz CT molecular complexity index is 437.